The Morgan fingerprint density at radius 2 is 2.12 bits per heavy atom. The van der Waals surface area contributed by atoms with Gasteiger partial charge in [0.05, 0.1) is 0 Å². The number of nitrogens with zero attached hydrogens (tertiary/aromatic N) is 1. The molecule has 0 radical (unpaired) electrons. The summed E-state index contributed by atoms with van der Waals surface area (Å²) in [5, 5.41) is 3.51. The summed E-state index contributed by atoms with van der Waals surface area (Å²) in [4.78, 5) is 2.64. The molecular weight excluding hydrogens is 196 g/mol. The number of benzene rings is 1. The van der Waals surface area contributed by atoms with Gasteiger partial charge in [0.1, 0.15) is 0 Å². The molecule has 86 valence electrons. The minimum absolute atomic E-state index is 0.572. The Bertz CT molecular complexity index is 349. The molecule has 0 aromatic heterocycles. The maximum Gasteiger partial charge on any atom is 0.0323 e. The fraction of sp³-hybridized carbons (Fsp3) is 0.571. The quantitative estimate of drug-likeness (QED) is 0.814. The average molecular weight is 216 g/mol. The van der Waals surface area contributed by atoms with Gasteiger partial charge in [-0.1, -0.05) is 30.3 Å². The monoisotopic (exact) mass is 216 g/mol. The highest BCUT2D eigenvalue weighted by molar-refractivity contribution is 5.19. The van der Waals surface area contributed by atoms with Gasteiger partial charge in [0.2, 0.25) is 0 Å². The Balaban J connectivity index is 1.70. The first-order valence-electron chi connectivity index (χ1n) is 6.37. The maximum absolute atomic E-state index is 3.51. The molecule has 0 amide bonds. The largest absolute Gasteiger partial charge is 0.315 e. The lowest BCUT2D eigenvalue weighted by Crippen LogP contribution is -2.63. The summed E-state index contributed by atoms with van der Waals surface area (Å²) < 4.78 is 0. The first-order chi connectivity index (χ1) is 7.86. The molecule has 2 saturated heterocycles. The van der Waals surface area contributed by atoms with Crippen molar-refractivity contribution in [3.05, 3.63) is 35.9 Å². The Hall–Kier alpha value is -0.860. The second kappa shape index (κ2) is 4.19. The lowest BCUT2D eigenvalue weighted by molar-refractivity contribution is -0.0345. The number of rotatable bonds is 2. The number of fused-ring (bicyclic) bond motifs is 1. The second-order valence-corrected chi connectivity index (χ2v) is 5.10. The van der Waals surface area contributed by atoms with E-state index in [0.29, 0.717) is 6.04 Å². The van der Waals surface area contributed by atoms with Gasteiger partial charge in [-0.05, 0) is 31.4 Å². The van der Waals surface area contributed by atoms with Crippen LogP contribution in [0.4, 0.5) is 0 Å². The number of hydrogen-bond donors (Lipinski definition) is 1. The minimum atomic E-state index is 0.572. The van der Waals surface area contributed by atoms with Gasteiger partial charge in [0, 0.05) is 25.2 Å². The third-order valence-corrected chi connectivity index (χ3v) is 4.24. The summed E-state index contributed by atoms with van der Waals surface area (Å²) in [6, 6.07) is 12.2. The van der Waals surface area contributed by atoms with Crippen LogP contribution in [0.5, 0.6) is 0 Å². The van der Waals surface area contributed by atoms with Crippen molar-refractivity contribution in [2.24, 2.45) is 5.92 Å². The summed E-state index contributed by atoms with van der Waals surface area (Å²) in [6.07, 6.45) is 1.36. The fourth-order valence-electron chi connectivity index (χ4n) is 3.13. The summed E-state index contributed by atoms with van der Waals surface area (Å²) in [5.41, 5.74) is 1.45. The average Bonchev–Trinajstić information content (AvgIpc) is 2.32. The molecule has 2 heteroatoms. The summed E-state index contributed by atoms with van der Waals surface area (Å²) in [7, 11) is 0. The van der Waals surface area contributed by atoms with Crippen LogP contribution in [0.1, 0.15) is 24.9 Å². The SMILES string of the molecule is C[C@H](c1ccccc1)N1C[C@H]2CCNC[C@H]21. The molecule has 0 aliphatic carbocycles. The summed E-state index contributed by atoms with van der Waals surface area (Å²) in [5.74, 6) is 0.951. The van der Waals surface area contributed by atoms with Gasteiger partial charge in [-0.3, -0.25) is 4.90 Å². The minimum Gasteiger partial charge on any atom is -0.315 e. The molecule has 2 aliphatic heterocycles. The third kappa shape index (κ3) is 1.66. The van der Waals surface area contributed by atoms with Crippen LogP contribution in [-0.4, -0.2) is 30.6 Å². The molecule has 2 aliphatic rings. The van der Waals surface area contributed by atoms with Gasteiger partial charge in [0.15, 0.2) is 0 Å². The van der Waals surface area contributed by atoms with E-state index in [0.717, 1.165) is 12.0 Å². The van der Waals surface area contributed by atoms with Crippen molar-refractivity contribution in [2.45, 2.75) is 25.4 Å². The lowest BCUT2D eigenvalue weighted by Gasteiger charge is -2.53. The van der Waals surface area contributed by atoms with E-state index in [9.17, 15) is 0 Å². The van der Waals surface area contributed by atoms with Crippen LogP contribution < -0.4 is 5.32 Å². The van der Waals surface area contributed by atoms with Crippen molar-refractivity contribution in [3.63, 3.8) is 0 Å². The van der Waals surface area contributed by atoms with Gasteiger partial charge >= 0.3 is 0 Å². The zero-order valence-corrected chi connectivity index (χ0v) is 9.89. The Kier molecular flexibility index (Phi) is 2.70. The maximum atomic E-state index is 3.51. The van der Waals surface area contributed by atoms with Crippen LogP contribution in [0.3, 0.4) is 0 Å². The van der Waals surface area contributed by atoms with Crippen molar-refractivity contribution in [2.75, 3.05) is 19.6 Å². The van der Waals surface area contributed by atoms with Crippen molar-refractivity contribution < 1.29 is 0 Å². The van der Waals surface area contributed by atoms with Crippen molar-refractivity contribution in [1.82, 2.24) is 10.2 Å². The van der Waals surface area contributed by atoms with Crippen molar-refractivity contribution in [1.29, 1.82) is 0 Å². The topological polar surface area (TPSA) is 15.3 Å². The molecule has 2 fully saturated rings. The van der Waals surface area contributed by atoms with Gasteiger partial charge < -0.3 is 5.32 Å². The zero-order valence-electron chi connectivity index (χ0n) is 9.89. The van der Waals surface area contributed by atoms with Crippen LogP contribution in [0.25, 0.3) is 0 Å². The first kappa shape index (κ1) is 10.3. The first-order valence-corrected chi connectivity index (χ1v) is 6.37. The van der Waals surface area contributed by atoms with E-state index in [1.807, 2.05) is 0 Å². The number of nitrogens with one attached hydrogen (secondary N) is 1. The van der Waals surface area contributed by atoms with Crippen LogP contribution in [0, 0.1) is 5.92 Å². The smallest absolute Gasteiger partial charge is 0.0323 e. The number of piperidine rings is 1. The molecule has 0 bridgehead atoms. The van der Waals surface area contributed by atoms with Crippen LogP contribution in [0.15, 0.2) is 30.3 Å². The molecule has 3 rings (SSSR count). The van der Waals surface area contributed by atoms with Gasteiger partial charge in [-0.2, -0.15) is 0 Å². The highest BCUT2D eigenvalue weighted by Gasteiger charge is 2.42. The molecule has 1 N–H and O–H groups in total. The third-order valence-electron chi connectivity index (χ3n) is 4.24. The molecule has 1 aromatic carbocycles. The molecule has 0 spiro atoms. The Morgan fingerprint density at radius 3 is 2.88 bits per heavy atom. The van der Waals surface area contributed by atoms with E-state index in [4.69, 9.17) is 0 Å². The van der Waals surface area contributed by atoms with E-state index in [2.05, 4.69) is 47.5 Å². The fourth-order valence-corrected chi connectivity index (χ4v) is 3.13. The van der Waals surface area contributed by atoms with Crippen LogP contribution >= 0.6 is 0 Å². The number of hydrogen-bond acceptors (Lipinski definition) is 2. The van der Waals surface area contributed by atoms with Gasteiger partial charge in [-0.15, -0.1) is 0 Å². The normalized spacial score (nSPS) is 31.6. The summed E-state index contributed by atoms with van der Waals surface area (Å²) in [6.45, 7) is 6.03. The van der Waals surface area contributed by atoms with Crippen molar-refractivity contribution >= 4 is 0 Å². The second-order valence-electron chi connectivity index (χ2n) is 5.10. The molecule has 2 heterocycles. The molecule has 0 saturated carbocycles. The Labute approximate surface area is 97.6 Å². The van der Waals surface area contributed by atoms with Crippen molar-refractivity contribution in [3.8, 4) is 0 Å². The van der Waals surface area contributed by atoms with Gasteiger partial charge in [0.25, 0.3) is 0 Å². The molecule has 3 atom stereocenters. The predicted octanol–water partition coefficient (Wildman–Crippen LogP) is 2.04. The van der Waals surface area contributed by atoms with E-state index >= 15 is 0 Å². The Morgan fingerprint density at radius 1 is 1.31 bits per heavy atom. The summed E-state index contributed by atoms with van der Waals surface area (Å²) >= 11 is 0. The van der Waals surface area contributed by atoms with E-state index in [1.165, 1.54) is 31.6 Å². The van der Waals surface area contributed by atoms with Gasteiger partial charge in [-0.25, -0.2) is 0 Å². The highest BCUT2D eigenvalue weighted by Crippen LogP contribution is 2.36. The van der Waals surface area contributed by atoms with E-state index in [1.54, 1.807) is 0 Å². The molecule has 2 nitrogen and oxygen atoms in total. The molecule has 16 heavy (non-hydrogen) atoms. The number of likely N-dealkylation sites (tertiary alicyclic amines) is 1. The molecular formula is C14H20N2. The standard InChI is InChI=1S/C14H20N2/c1-11(12-5-3-2-4-6-12)16-10-13-7-8-15-9-14(13)16/h2-6,11,13-15H,7-10H2,1H3/t11-,13-,14-/m1/s1. The van der Waals surface area contributed by atoms with Crippen LogP contribution in [-0.2, 0) is 0 Å². The predicted molar refractivity (Wildman–Crippen MR) is 66.3 cm³/mol. The molecule has 1 aromatic rings. The molecule has 0 unspecified atom stereocenters. The van der Waals surface area contributed by atoms with E-state index in [-0.39, 0.29) is 0 Å². The zero-order chi connectivity index (χ0) is 11.0. The van der Waals surface area contributed by atoms with E-state index < -0.39 is 0 Å². The highest BCUT2D eigenvalue weighted by atomic mass is 15.3. The van der Waals surface area contributed by atoms with Crippen LogP contribution in [0.2, 0.25) is 0 Å². The lowest BCUT2D eigenvalue weighted by atomic mass is 9.81.